The zero-order chi connectivity index (χ0) is 11.4. The summed E-state index contributed by atoms with van der Waals surface area (Å²) in [4.78, 5) is 0. The standard InChI is InChI=1S/C8H7F6/c1-2-3-4-5-6(7(9,10)11)8(12,13)14/h6H,1,4-5H2. The Morgan fingerprint density at radius 2 is 1.43 bits per heavy atom. The summed E-state index contributed by atoms with van der Waals surface area (Å²) >= 11 is 0. The van der Waals surface area contributed by atoms with Crippen molar-refractivity contribution in [2.75, 3.05) is 0 Å². The minimum Gasteiger partial charge on any atom is -0.170 e. The molecule has 81 valence electrons. The highest BCUT2D eigenvalue weighted by Gasteiger charge is 2.55. The molecule has 0 fully saturated rings. The Kier molecular flexibility index (Phi) is 4.30. The van der Waals surface area contributed by atoms with Gasteiger partial charge in [-0.3, -0.25) is 0 Å². The molecule has 0 rings (SSSR count). The van der Waals surface area contributed by atoms with Gasteiger partial charge in [0.15, 0.2) is 5.92 Å². The molecule has 0 nitrogen and oxygen atoms in total. The maximum atomic E-state index is 11.9. The second-order valence-electron chi connectivity index (χ2n) is 2.53. The molecule has 0 saturated carbocycles. The van der Waals surface area contributed by atoms with E-state index in [-0.39, 0.29) is 0 Å². The van der Waals surface area contributed by atoms with Crippen LogP contribution < -0.4 is 0 Å². The quantitative estimate of drug-likeness (QED) is 0.491. The third-order valence-electron chi connectivity index (χ3n) is 1.47. The van der Waals surface area contributed by atoms with Gasteiger partial charge in [0, 0.05) is 13.3 Å². The molecule has 0 spiro atoms. The predicted molar refractivity (Wildman–Crippen MR) is 38.0 cm³/mol. The molecule has 0 N–H and O–H groups in total. The molecule has 0 saturated heterocycles. The second-order valence-corrected chi connectivity index (χ2v) is 2.53. The summed E-state index contributed by atoms with van der Waals surface area (Å²) in [6.07, 6.45) is -12.1. The predicted octanol–water partition coefficient (Wildman–Crippen LogP) is 3.34. The zero-order valence-electron chi connectivity index (χ0n) is 6.97. The topological polar surface area (TPSA) is 0 Å². The SMILES string of the molecule is [CH2]C#CCCC(C(F)(F)F)C(F)(F)F. The van der Waals surface area contributed by atoms with Crippen LogP contribution >= 0.6 is 0 Å². The van der Waals surface area contributed by atoms with E-state index in [0.29, 0.717) is 0 Å². The van der Waals surface area contributed by atoms with E-state index in [1.807, 2.05) is 5.92 Å². The van der Waals surface area contributed by atoms with Crippen molar-refractivity contribution in [3.8, 4) is 11.8 Å². The first kappa shape index (κ1) is 13.1. The molecule has 0 aliphatic rings. The molecule has 0 atom stereocenters. The molecule has 0 unspecified atom stereocenters. The van der Waals surface area contributed by atoms with E-state index in [2.05, 4.69) is 12.8 Å². The van der Waals surface area contributed by atoms with E-state index in [1.165, 1.54) is 0 Å². The van der Waals surface area contributed by atoms with Crippen LogP contribution in [0.3, 0.4) is 0 Å². The minimum absolute atomic E-state index is 0.465. The molecule has 0 heterocycles. The number of hydrogen-bond donors (Lipinski definition) is 0. The molecule has 1 radical (unpaired) electrons. The highest BCUT2D eigenvalue weighted by atomic mass is 19.4. The maximum absolute atomic E-state index is 11.9. The fourth-order valence-corrected chi connectivity index (χ4v) is 0.818. The molecule has 14 heavy (non-hydrogen) atoms. The van der Waals surface area contributed by atoms with Crippen LogP contribution in [-0.4, -0.2) is 12.4 Å². The van der Waals surface area contributed by atoms with Crippen molar-refractivity contribution in [3.63, 3.8) is 0 Å². The van der Waals surface area contributed by atoms with Crippen LogP contribution in [0.1, 0.15) is 12.8 Å². The molecule has 6 heteroatoms. The first-order valence-electron chi connectivity index (χ1n) is 3.58. The monoisotopic (exact) mass is 217 g/mol. The lowest BCUT2D eigenvalue weighted by Gasteiger charge is -2.21. The van der Waals surface area contributed by atoms with Crippen molar-refractivity contribution in [1.29, 1.82) is 0 Å². The van der Waals surface area contributed by atoms with E-state index < -0.39 is 31.1 Å². The molecule has 0 amide bonds. The fraction of sp³-hybridized carbons (Fsp3) is 0.625. The van der Waals surface area contributed by atoms with Crippen molar-refractivity contribution >= 4 is 0 Å². The van der Waals surface area contributed by atoms with E-state index in [0.717, 1.165) is 0 Å². The van der Waals surface area contributed by atoms with Gasteiger partial charge in [-0.15, -0.1) is 11.8 Å². The summed E-state index contributed by atoms with van der Waals surface area (Å²) in [6.45, 7) is 2.98. The lowest BCUT2D eigenvalue weighted by molar-refractivity contribution is -0.285. The molecular weight excluding hydrogens is 210 g/mol. The van der Waals surface area contributed by atoms with Crippen LogP contribution in [0.25, 0.3) is 0 Å². The summed E-state index contributed by atoms with van der Waals surface area (Å²) in [7, 11) is 0. The smallest absolute Gasteiger partial charge is 0.170 e. The van der Waals surface area contributed by atoms with Gasteiger partial charge in [-0.2, -0.15) is 26.3 Å². The molecule has 0 aromatic heterocycles. The Morgan fingerprint density at radius 3 is 1.71 bits per heavy atom. The van der Waals surface area contributed by atoms with E-state index in [1.54, 1.807) is 0 Å². The third-order valence-corrected chi connectivity index (χ3v) is 1.47. The highest BCUT2D eigenvalue weighted by molar-refractivity contribution is 5.01. The van der Waals surface area contributed by atoms with Crippen molar-refractivity contribution in [1.82, 2.24) is 0 Å². The second kappa shape index (κ2) is 4.58. The van der Waals surface area contributed by atoms with Gasteiger partial charge in [-0.05, 0) is 6.42 Å². The fourth-order valence-electron chi connectivity index (χ4n) is 0.818. The summed E-state index contributed by atoms with van der Waals surface area (Å²) in [5, 5.41) is 0. The Labute approximate surface area is 77.3 Å². The van der Waals surface area contributed by atoms with Crippen LogP contribution in [0.2, 0.25) is 0 Å². The van der Waals surface area contributed by atoms with Crippen LogP contribution in [0, 0.1) is 24.7 Å². The number of halogens is 6. The summed E-state index contributed by atoms with van der Waals surface area (Å²) in [6, 6.07) is 0. The van der Waals surface area contributed by atoms with Gasteiger partial charge in [0.25, 0.3) is 0 Å². The highest BCUT2D eigenvalue weighted by Crippen LogP contribution is 2.41. The Hall–Kier alpha value is -0.860. The van der Waals surface area contributed by atoms with Crippen LogP contribution in [0.4, 0.5) is 26.3 Å². The molecular formula is C8H7F6. The third kappa shape index (κ3) is 4.40. The first-order valence-corrected chi connectivity index (χ1v) is 3.58. The summed E-state index contributed by atoms with van der Waals surface area (Å²) < 4.78 is 71.2. The largest absolute Gasteiger partial charge is 0.400 e. The zero-order valence-corrected chi connectivity index (χ0v) is 6.97. The average Bonchev–Trinajstić information content (AvgIpc) is 1.92. The van der Waals surface area contributed by atoms with E-state index in [9.17, 15) is 26.3 Å². The van der Waals surface area contributed by atoms with Gasteiger partial charge in [-0.25, -0.2) is 0 Å². The molecule has 0 aliphatic carbocycles. The molecule has 0 aromatic carbocycles. The minimum atomic E-state index is -5.26. The summed E-state index contributed by atoms with van der Waals surface area (Å²) in [5.41, 5.74) is 0. The van der Waals surface area contributed by atoms with Gasteiger partial charge in [0.1, 0.15) is 0 Å². The van der Waals surface area contributed by atoms with Gasteiger partial charge in [0.05, 0.1) is 0 Å². The van der Waals surface area contributed by atoms with Crippen LogP contribution in [0.5, 0.6) is 0 Å². The van der Waals surface area contributed by atoms with Crippen LogP contribution in [0.15, 0.2) is 0 Å². The molecule has 0 aromatic rings. The summed E-state index contributed by atoms with van der Waals surface area (Å²) in [5.74, 6) is 0.758. The van der Waals surface area contributed by atoms with Gasteiger partial charge < -0.3 is 0 Å². The van der Waals surface area contributed by atoms with Crippen molar-refractivity contribution < 1.29 is 26.3 Å². The Morgan fingerprint density at radius 1 is 1.00 bits per heavy atom. The lowest BCUT2D eigenvalue weighted by atomic mass is 10.0. The number of hydrogen-bond acceptors (Lipinski definition) is 0. The molecule has 0 aliphatic heterocycles. The normalized spacial score (nSPS) is 12.6. The Bertz CT molecular complexity index is 211. The maximum Gasteiger partial charge on any atom is 0.400 e. The van der Waals surface area contributed by atoms with Crippen molar-refractivity contribution in [3.05, 3.63) is 6.92 Å². The van der Waals surface area contributed by atoms with Gasteiger partial charge in [-0.1, -0.05) is 0 Å². The van der Waals surface area contributed by atoms with Crippen molar-refractivity contribution in [2.45, 2.75) is 25.2 Å². The first-order chi connectivity index (χ1) is 6.19. The van der Waals surface area contributed by atoms with Crippen molar-refractivity contribution in [2.24, 2.45) is 5.92 Å². The van der Waals surface area contributed by atoms with Gasteiger partial charge in [0.2, 0.25) is 0 Å². The van der Waals surface area contributed by atoms with E-state index >= 15 is 0 Å². The lowest BCUT2D eigenvalue weighted by Crippen LogP contribution is -2.36. The Balaban J connectivity index is 4.48. The average molecular weight is 217 g/mol. The van der Waals surface area contributed by atoms with Crippen LogP contribution in [-0.2, 0) is 0 Å². The van der Waals surface area contributed by atoms with E-state index in [4.69, 9.17) is 0 Å². The number of alkyl halides is 6. The van der Waals surface area contributed by atoms with Gasteiger partial charge >= 0.3 is 12.4 Å². The molecule has 0 bridgehead atoms. The number of rotatable bonds is 2.